The van der Waals surface area contributed by atoms with Gasteiger partial charge in [-0.05, 0) is 41.0 Å². The number of carbonyl (C=O) groups is 2. The Morgan fingerprint density at radius 3 is 2.45 bits per heavy atom. The summed E-state index contributed by atoms with van der Waals surface area (Å²) in [6.07, 6.45) is 1.58. The zero-order valence-corrected chi connectivity index (χ0v) is 15.9. The van der Waals surface area contributed by atoms with Crippen LogP contribution in [0.1, 0.15) is 21.5 Å². The van der Waals surface area contributed by atoms with Crippen LogP contribution in [0, 0.1) is 0 Å². The van der Waals surface area contributed by atoms with Crippen LogP contribution in [-0.2, 0) is 16.1 Å². The molecule has 1 aliphatic heterocycles. The van der Waals surface area contributed by atoms with Crippen molar-refractivity contribution in [3.63, 3.8) is 0 Å². The maximum absolute atomic E-state index is 11.9. The summed E-state index contributed by atoms with van der Waals surface area (Å²) in [5, 5.41) is 14.7. The molecular weight excluding hydrogens is 374 g/mol. The molecule has 3 rings (SSSR count). The number of carbonyl (C=O) groups excluding carboxylic acids is 2. The topological polar surface area (TPSA) is 104 Å². The molecule has 0 spiro atoms. The Hall–Kier alpha value is -3.23. The van der Waals surface area contributed by atoms with E-state index >= 15 is 0 Å². The van der Waals surface area contributed by atoms with Gasteiger partial charge < -0.3 is 24.3 Å². The Balaban J connectivity index is 1.42. The fourth-order valence-electron chi connectivity index (χ4n) is 2.84. The summed E-state index contributed by atoms with van der Waals surface area (Å²) >= 11 is 0. The van der Waals surface area contributed by atoms with E-state index in [9.17, 15) is 14.7 Å². The summed E-state index contributed by atoms with van der Waals surface area (Å²) in [7, 11) is 0. The van der Waals surface area contributed by atoms with E-state index in [0.717, 1.165) is 24.2 Å². The van der Waals surface area contributed by atoms with E-state index in [-0.39, 0.29) is 11.5 Å². The van der Waals surface area contributed by atoms with Gasteiger partial charge in [0.05, 0.1) is 25.4 Å². The molecule has 1 heterocycles. The Bertz CT molecular complexity index is 844. The molecule has 2 N–H and O–H groups in total. The van der Waals surface area contributed by atoms with Crippen LogP contribution in [0.2, 0.25) is 0 Å². The van der Waals surface area contributed by atoms with Crippen LogP contribution in [0.3, 0.4) is 0 Å². The van der Waals surface area contributed by atoms with Crippen molar-refractivity contribution in [2.45, 2.75) is 6.61 Å². The molecule has 8 heteroatoms. The smallest absolute Gasteiger partial charge is 0.295 e. The number of amides is 1. The highest BCUT2D eigenvalue weighted by Crippen LogP contribution is 2.14. The lowest BCUT2D eigenvalue weighted by Gasteiger charge is -2.22. The van der Waals surface area contributed by atoms with E-state index in [1.807, 2.05) is 12.1 Å². The first-order valence-electron chi connectivity index (χ1n) is 9.36. The third-order valence-electron chi connectivity index (χ3n) is 4.49. The molecule has 0 bridgehead atoms. The molecule has 0 unspecified atom stereocenters. The van der Waals surface area contributed by atoms with Gasteiger partial charge in [-0.1, -0.05) is 24.3 Å². The predicted molar refractivity (Wildman–Crippen MR) is 104 cm³/mol. The largest absolute Gasteiger partial charge is 0.545 e. The fourth-order valence-corrected chi connectivity index (χ4v) is 2.84. The highest BCUT2D eigenvalue weighted by atomic mass is 16.5. The number of rotatable bonds is 8. The zero-order chi connectivity index (χ0) is 20.5. The fraction of sp³-hybridized carbons (Fsp3) is 0.286. The minimum atomic E-state index is -1.20. The van der Waals surface area contributed by atoms with Crippen LogP contribution in [0.15, 0.2) is 53.6 Å². The number of morpholine rings is 1. The van der Waals surface area contributed by atoms with Crippen molar-refractivity contribution < 1.29 is 29.1 Å². The van der Waals surface area contributed by atoms with Crippen molar-refractivity contribution in [1.29, 1.82) is 0 Å². The SMILES string of the molecule is O=C(C[NH+]1CCOCC1)N/N=C/c1ccc(OCc2ccc(C(=O)[O-])cc2)cc1. The Morgan fingerprint density at radius 1 is 1.10 bits per heavy atom. The number of carboxylic acids is 1. The van der Waals surface area contributed by atoms with Gasteiger partial charge in [0, 0.05) is 0 Å². The quantitative estimate of drug-likeness (QED) is 0.439. The molecule has 0 saturated carbocycles. The molecule has 1 saturated heterocycles. The molecule has 0 aromatic heterocycles. The van der Waals surface area contributed by atoms with Crippen molar-refractivity contribution in [2.75, 3.05) is 32.8 Å². The number of benzene rings is 2. The molecule has 1 amide bonds. The standard InChI is InChI=1S/C21H23N3O5/c25-20(14-24-9-11-28-12-10-24)23-22-13-16-3-7-19(8-4-16)29-15-17-1-5-18(6-2-17)21(26)27/h1-8,13H,9-12,14-15H2,(H,23,25)(H,26,27)/b22-13+. The number of nitrogens with zero attached hydrogens (tertiary/aromatic N) is 1. The number of hydrazone groups is 1. The number of carboxylic acid groups (broad SMARTS) is 1. The van der Waals surface area contributed by atoms with Crippen LogP contribution >= 0.6 is 0 Å². The Morgan fingerprint density at radius 2 is 1.79 bits per heavy atom. The maximum Gasteiger partial charge on any atom is 0.295 e. The average Bonchev–Trinajstić information content (AvgIpc) is 2.74. The van der Waals surface area contributed by atoms with Crippen LogP contribution in [0.4, 0.5) is 0 Å². The van der Waals surface area contributed by atoms with Gasteiger partial charge in [-0.25, -0.2) is 5.43 Å². The summed E-state index contributed by atoms with van der Waals surface area (Å²) in [5.74, 6) is -0.651. The van der Waals surface area contributed by atoms with Crippen LogP contribution < -0.4 is 20.2 Å². The summed E-state index contributed by atoms with van der Waals surface area (Å²) in [4.78, 5) is 23.8. The molecule has 0 atom stereocenters. The number of quaternary nitrogens is 1. The normalized spacial score (nSPS) is 14.6. The lowest BCUT2D eigenvalue weighted by Crippen LogP contribution is -3.15. The van der Waals surface area contributed by atoms with E-state index in [1.54, 1.807) is 30.5 Å². The molecular formula is C21H23N3O5. The van der Waals surface area contributed by atoms with Crippen LogP contribution in [0.5, 0.6) is 5.75 Å². The minimum Gasteiger partial charge on any atom is -0.545 e. The van der Waals surface area contributed by atoms with Crippen LogP contribution in [0.25, 0.3) is 0 Å². The van der Waals surface area contributed by atoms with E-state index in [0.29, 0.717) is 32.1 Å². The highest BCUT2D eigenvalue weighted by molar-refractivity contribution is 5.85. The number of ether oxygens (including phenoxy) is 2. The molecule has 1 aliphatic rings. The van der Waals surface area contributed by atoms with Crippen LogP contribution in [-0.4, -0.2) is 50.9 Å². The summed E-state index contributed by atoms with van der Waals surface area (Å²) in [6.45, 7) is 3.74. The minimum absolute atomic E-state index is 0.122. The third kappa shape index (κ3) is 6.70. The van der Waals surface area contributed by atoms with Gasteiger partial charge in [0.1, 0.15) is 25.4 Å². The lowest BCUT2D eigenvalue weighted by atomic mass is 10.1. The first kappa shape index (κ1) is 20.5. The van der Waals surface area contributed by atoms with E-state index in [2.05, 4.69) is 10.5 Å². The van der Waals surface area contributed by atoms with Gasteiger partial charge in [0.25, 0.3) is 5.91 Å². The number of aromatic carboxylic acids is 1. The second-order valence-corrected chi connectivity index (χ2v) is 6.67. The van der Waals surface area contributed by atoms with E-state index in [1.165, 1.54) is 17.0 Å². The third-order valence-corrected chi connectivity index (χ3v) is 4.49. The first-order chi connectivity index (χ1) is 14.1. The van der Waals surface area contributed by atoms with Crippen molar-refractivity contribution in [3.8, 4) is 5.75 Å². The van der Waals surface area contributed by atoms with Gasteiger partial charge in [0.2, 0.25) is 0 Å². The van der Waals surface area contributed by atoms with E-state index in [4.69, 9.17) is 9.47 Å². The molecule has 8 nitrogen and oxygen atoms in total. The molecule has 2 aromatic rings. The van der Waals surface area contributed by atoms with Gasteiger partial charge in [-0.15, -0.1) is 0 Å². The molecule has 0 aliphatic carbocycles. The van der Waals surface area contributed by atoms with Crippen molar-refractivity contribution in [1.82, 2.24) is 5.43 Å². The van der Waals surface area contributed by atoms with Crippen molar-refractivity contribution in [3.05, 3.63) is 65.2 Å². The Kier molecular flexibility index (Phi) is 7.32. The molecule has 1 fully saturated rings. The summed E-state index contributed by atoms with van der Waals surface area (Å²) in [5.41, 5.74) is 4.36. The molecule has 0 radical (unpaired) electrons. The van der Waals surface area contributed by atoms with Crippen molar-refractivity contribution in [2.24, 2.45) is 5.10 Å². The summed E-state index contributed by atoms with van der Waals surface area (Å²) < 4.78 is 11.0. The van der Waals surface area contributed by atoms with Gasteiger partial charge in [0.15, 0.2) is 6.54 Å². The van der Waals surface area contributed by atoms with E-state index < -0.39 is 5.97 Å². The number of hydrogen-bond acceptors (Lipinski definition) is 6. The Labute approximate surface area is 168 Å². The monoisotopic (exact) mass is 397 g/mol. The first-order valence-corrected chi connectivity index (χ1v) is 9.36. The second-order valence-electron chi connectivity index (χ2n) is 6.67. The van der Waals surface area contributed by atoms with Gasteiger partial charge in [-0.2, -0.15) is 5.10 Å². The highest BCUT2D eigenvalue weighted by Gasteiger charge is 2.16. The number of nitrogens with one attached hydrogen (secondary N) is 2. The predicted octanol–water partition coefficient (Wildman–Crippen LogP) is -1.01. The maximum atomic E-state index is 11.9. The second kappa shape index (κ2) is 10.4. The lowest BCUT2D eigenvalue weighted by molar-refractivity contribution is -0.900. The average molecular weight is 397 g/mol. The summed E-state index contributed by atoms with van der Waals surface area (Å²) in [6, 6.07) is 13.6. The zero-order valence-electron chi connectivity index (χ0n) is 15.9. The molecule has 29 heavy (non-hydrogen) atoms. The molecule has 2 aromatic carbocycles. The number of hydrogen-bond donors (Lipinski definition) is 2. The van der Waals surface area contributed by atoms with Gasteiger partial charge >= 0.3 is 0 Å². The molecule has 152 valence electrons. The van der Waals surface area contributed by atoms with Crippen molar-refractivity contribution >= 4 is 18.1 Å². The van der Waals surface area contributed by atoms with Gasteiger partial charge in [-0.3, -0.25) is 4.79 Å².